The van der Waals surface area contributed by atoms with Crippen LogP contribution in [-0.4, -0.2) is 30.2 Å². The van der Waals surface area contributed by atoms with Crippen LogP contribution in [-0.2, 0) is 14.3 Å². The molecule has 1 fully saturated rings. The fraction of sp³-hybridized carbons (Fsp3) is 0.438. The highest BCUT2D eigenvalue weighted by molar-refractivity contribution is 6.05. The third-order valence-electron chi connectivity index (χ3n) is 3.33. The van der Waals surface area contributed by atoms with E-state index in [4.69, 9.17) is 4.74 Å². The first-order chi connectivity index (χ1) is 10.5. The summed E-state index contributed by atoms with van der Waals surface area (Å²) in [7, 11) is 0. The molecule has 0 radical (unpaired) electrons. The number of benzene rings is 1. The molecule has 1 unspecified atom stereocenters. The van der Waals surface area contributed by atoms with E-state index in [0.29, 0.717) is 18.7 Å². The van der Waals surface area contributed by atoms with Crippen LogP contribution in [0.25, 0.3) is 0 Å². The second kappa shape index (κ2) is 7.70. The molecule has 118 valence electrons. The number of carbonyl (C=O) groups excluding carboxylic acids is 2. The Morgan fingerprint density at radius 3 is 2.68 bits per heavy atom. The van der Waals surface area contributed by atoms with Gasteiger partial charge in [-0.1, -0.05) is 17.7 Å². The van der Waals surface area contributed by atoms with Crippen molar-refractivity contribution in [3.8, 4) is 0 Å². The number of nitrogens with one attached hydrogen (secondary N) is 2. The first kappa shape index (κ1) is 16.2. The molecule has 1 saturated heterocycles. The quantitative estimate of drug-likeness (QED) is 0.645. The van der Waals surface area contributed by atoms with Crippen LogP contribution in [0.4, 0.5) is 5.69 Å². The Hall–Kier alpha value is -2.21. The lowest BCUT2D eigenvalue weighted by molar-refractivity contribution is -0.130. The largest absolute Gasteiger partial charge is 0.368 e. The molecule has 0 aromatic heterocycles. The number of rotatable bonds is 5. The second-order valence-corrected chi connectivity index (χ2v) is 5.42. The molecule has 22 heavy (non-hydrogen) atoms. The molecule has 1 aromatic carbocycles. The summed E-state index contributed by atoms with van der Waals surface area (Å²) in [6.45, 7) is 4.30. The van der Waals surface area contributed by atoms with E-state index in [0.717, 1.165) is 17.7 Å². The average Bonchev–Trinajstić information content (AvgIpc) is 3.01. The Kier molecular flexibility index (Phi) is 5.66. The minimum atomic E-state index is -0.419. The highest BCUT2D eigenvalue weighted by Gasteiger charge is 2.23. The Labute approximate surface area is 129 Å². The smallest absolute Gasteiger partial charge is 0.269 e. The van der Waals surface area contributed by atoms with Crippen LogP contribution in [0.15, 0.2) is 29.4 Å². The minimum absolute atomic E-state index is 0.125. The van der Waals surface area contributed by atoms with Crippen LogP contribution in [0.5, 0.6) is 0 Å². The molecular formula is C16H21N3O3. The average molecular weight is 303 g/mol. The molecule has 1 aromatic rings. The van der Waals surface area contributed by atoms with Crippen molar-refractivity contribution in [1.82, 2.24) is 5.43 Å². The van der Waals surface area contributed by atoms with Crippen molar-refractivity contribution in [1.29, 1.82) is 0 Å². The van der Waals surface area contributed by atoms with Gasteiger partial charge >= 0.3 is 0 Å². The van der Waals surface area contributed by atoms with Gasteiger partial charge in [-0.05, 0) is 38.8 Å². The number of hydrogen-bond acceptors (Lipinski definition) is 4. The summed E-state index contributed by atoms with van der Waals surface area (Å²) in [6, 6.07) is 7.55. The van der Waals surface area contributed by atoms with Gasteiger partial charge in [-0.2, -0.15) is 5.10 Å². The monoisotopic (exact) mass is 303 g/mol. The summed E-state index contributed by atoms with van der Waals surface area (Å²) in [5, 5.41) is 6.73. The number of hydrazone groups is 1. The number of aryl methyl sites for hydroxylation is 1. The van der Waals surface area contributed by atoms with Gasteiger partial charge in [-0.25, -0.2) is 5.43 Å². The Morgan fingerprint density at radius 1 is 1.32 bits per heavy atom. The number of carbonyl (C=O) groups is 2. The molecule has 1 heterocycles. The minimum Gasteiger partial charge on any atom is -0.368 e. The van der Waals surface area contributed by atoms with Crippen molar-refractivity contribution in [2.75, 3.05) is 11.9 Å². The van der Waals surface area contributed by atoms with Crippen LogP contribution in [0.3, 0.4) is 0 Å². The van der Waals surface area contributed by atoms with E-state index in [1.54, 1.807) is 6.92 Å². The predicted octanol–water partition coefficient (Wildman–Crippen LogP) is 1.99. The maximum Gasteiger partial charge on any atom is 0.269 e. The van der Waals surface area contributed by atoms with Crippen molar-refractivity contribution < 1.29 is 14.3 Å². The zero-order chi connectivity index (χ0) is 15.9. The molecular weight excluding hydrogens is 282 g/mol. The number of ether oxygens (including phenoxy) is 1. The number of anilines is 1. The predicted molar refractivity (Wildman–Crippen MR) is 84.7 cm³/mol. The third-order valence-corrected chi connectivity index (χ3v) is 3.33. The van der Waals surface area contributed by atoms with Gasteiger partial charge in [-0.15, -0.1) is 0 Å². The van der Waals surface area contributed by atoms with Crippen LogP contribution in [0, 0.1) is 6.92 Å². The fourth-order valence-electron chi connectivity index (χ4n) is 2.12. The number of hydrogen-bond donors (Lipinski definition) is 2. The van der Waals surface area contributed by atoms with Gasteiger partial charge in [0.15, 0.2) is 0 Å². The summed E-state index contributed by atoms with van der Waals surface area (Å²) in [6.07, 6.45) is 1.31. The van der Waals surface area contributed by atoms with Gasteiger partial charge in [0.2, 0.25) is 5.91 Å². The maximum atomic E-state index is 11.9. The molecule has 1 aliphatic rings. The highest BCUT2D eigenvalue weighted by Crippen LogP contribution is 2.11. The van der Waals surface area contributed by atoms with Crippen molar-refractivity contribution in [3.63, 3.8) is 0 Å². The molecule has 0 spiro atoms. The van der Waals surface area contributed by atoms with Crippen LogP contribution >= 0.6 is 0 Å². The van der Waals surface area contributed by atoms with Crippen molar-refractivity contribution in [2.24, 2.45) is 5.10 Å². The van der Waals surface area contributed by atoms with E-state index in [1.807, 2.05) is 31.2 Å². The molecule has 6 nitrogen and oxygen atoms in total. The molecule has 1 atom stereocenters. The zero-order valence-electron chi connectivity index (χ0n) is 12.9. The molecule has 0 saturated carbocycles. The molecule has 2 N–H and O–H groups in total. The van der Waals surface area contributed by atoms with E-state index >= 15 is 0 Å². The van der Waals surface area contributed by atoms with Gasteiger partial charge < -0.3 is 10.1 Å². The summed E-state index contributed by atoms with van der Waals surface area (Å²) >= 11 is 0. The SMILES string of the molecule is CC(CC(=O)Nc1ccc(C)cc1)=NNC(=O)C1CCCO1. The third kappa shape index (κ3) is 4.96. The first-order valence-electron chi connectivity index (χ1n) is 7.36. The zero-order valence-corrected chi connectivity index (χ0v) is 12.9. The Balaban J connectivity index is 1.78. The van der Waals surface area contributed by atoms with Crippen LogP contribution in [0.2, 0.25) is 0 Å². The molecule has 0 aliphatic carbocycles. The summed E-state index contributed by atoms with van der Waals surface area (Å²) < 4.78 is 5.26. The van der Waals surface area contributed by atoms with Crippen molar-refractivity contribution in [3.05, 3.63) is 29.8 Å². The second-order valence-electron chi connectivity index (χ2n) is 5.42. The Bertz CT molecular complexity index is 561. The summed E-state index contributed by atoms with van der Waals surface area (Å²) in [5.41, 5.74) is 4.86. The van der Waals surface area contributed by atoms with Gasteiger partial charge in [0.05, 0.1) is 6.42 Å². The van der Waals surface area contributed by atoms with Crippen LogP contribution in [0.1, 0.15) is 31.7 Å². The lowest BCUT2D eigenvalue weighted by atomic mass is 10.2. The normalized spacial score (nSPS) is 18.1. The van der Waals surface area contributed by atoms with Gasteiger partial charge in [0.1, 0.15) is 6.10 Å². The number of amides is 2. The van der Waals surface area contributed by atoms with Gasteiger partial charge in [0.25, 0.3) is 5.91 Å². The van der Waals surface area contributed by atoms with Crippen molar-refractivity contribution in [2.45, 2.75) is 39.2 Å². The van der Waals surface area contributed by atoms with Gasteiger partial charge in [0, 0.05) is 18.0 Å². The molecule has 1 aliphatic heterocycles. The van der Waals surface area contributed by atoms with Crippen molar-refractivity contribution >= 4 is 23.2 Å². The molecule has 2 amide bonds. The molecule has 0 bridgehead atoms. The lowest BCUT2D eigenvalue weighted by Gasteiger charge is -2.08. The molecule has 2 rings (SSSR count). The topological polar surface area (TPSA) is 79.8 Å². The van der Waals surface area contributed by atoms with E-state index < -0.39 is 6.10 Å². The Morgan fingerprint density at radius 2 is 2.05 bits per heavy atom. The maximum absolute atomic E-state index is 11.9. The van der Waals surface area contributed by atoms with Gasteiger partial charge in [-0.3, -0.25) is 9.59 Å². The van der Waals surface area contributed by atoms with E-state index in [9.17, 15) is 9.59 Å². The van der Waals surface area contributed by atoms with E-state index in [1.165, 1.54) is 0 Å². The summed E-state index contributed by atoms with van der Waals surface area (Å²) in [4.78, 5) is 23.6. The highest BCUT2D eigenvalue weighted by atomic mass is 16.5. The van der Waals surface area contributed by atoms with E-state index in [2.05, 4.69) is 15.8 Å². The standard InChI is InChI=1S/C16H21N3O3/c1-11-5-7-13(8-6-11)17-15(20)10-12(2)18-19-16(21)14-4-3-9-22-14/h5-8,14H,3-4,9-10H2,1-2H3,(H,17,20)(H,19,21). The lowest BCUT2D eigenvalue weighted by Crippen LogP contribution is -2.31. The first-order valence-corrected chi connectivity index (χ1v) is 7.36. The van der Waals surface area contributed by atoms with Crippen LogP contribution < -0.4 is 10.7 Å². The fourth-order valence-corrected chi connectivity index (χ4v) is 2.12. The summed E-state index contributed by atoms with van der Waals surface area (Å²) in [5.74, 6) is -0.424. The van der Waals surface area contributed by atoms with E-state index in [-0.39, 0.29) is 18.2 Å². The molecule has 6 heteroatoms. The number of nitrogens with zero attached hydrogens (tertiary/aromatic N) is 1.